The lowest BCUT2D eigenvalue weighted by molar-refractivity contribution is 0.101. The summed E-state index contributed by atoms with van der Waals surface area (Å²) in [5.74, 6) is 0.421. The number of aliphatic hydroxyl groups is 3. The zero-order valence-corrected chi connectivity index (χ0v) is 55.3. The number of fused-ring (bicyclic) bond motifs is 8. The van der Waals surface area contributed by atoms with Crippen molar-refractivity contribution >= 4 is 107 Å². The summed E-state index contributed by atoms with van der Waals surface area (Å²) in [5.41, 5.74) is 21.9. The van der Waals surface area contributed by atoms with Crippen LogP contribution in [0.3, 0.4) is 0 Å². The third kappa shape index (κ3) is 13.4. The molecule has 11 nitrogen and oxygen atoms in total. The SMILES string of the molecule is Cn1ccc2ccc(/C=C3\CCc4cc(CO)c(CO)cc4C3=O)cc21.Cn1ccc2ccc(/C=C3\CCc4ccc(Br)cc4C3=O)cc21.Cn1ccc2ccc(/C=C3\CCc4ccc(CO)cc4C3=O)cc21.Cn1ccc2ccc(/C=C3\CCc4ccccc4C3=O)cc21. The molecule has 95 heavy (non-hydrogen) atoms. The van der Waals surface area contributed by atoms with Gasteiger partial charge in [-0.15, -0.1) is 0 Å². The summed E-state index contributed by atoms with van der Waals surface area (Å²) in [6.07, 6.45) is 22.8. The Morgan fingerprint density at radius 1 is 0.337 bits per heavy atom. The third-order valence-corrected chi connectivity index (χ3v) is 19.5. The molecule has 0 aliphatic heterocycles. The van der Waals surface area contributed by atoms with Crippen LogP contribution >= 0.6 is 15.9 Å². The second-order valence-corrected chi connectivity index (χ2v) is 26.1. The molecule has 3 N–H and O–H groups in total. The number of hydrogen-bond donors (Lipinski definition) is 3. The molecule has 4 aliphatic rings. The summed E-state index contributed by atoms with van der Waals surface area (Å²) in [5, 5.41) is 33.1. The van der Waals surface area contributed by atoms with Crippen LogP contribution in [0.15, 0.2) is 221 Å². The van der Waals surface area contributed by atoms with Gasteiger partial charge in [0.05, 0.1) is 19.8 Å². The largest absolute Gasteiger partial charge is 0.392 e. The molecule has 0 fully saturated rings. The molecule has 474 valence electrons. The average Bonchev–Trinajstić information content (AvgIpc) is 1.78. The molecule has 0 radical (unpaired) electrons. The second kappa shape index (κ2) is 27.5. The van der Waals surface area contributed by atoms with Crippen LogP contribution < -0.4 is 0 Å². The molecule has 8 aromatic carbocycles. The molecule has 0 amide bonds. The van der Waals surface area contributed by atoms with E-state index in [9.17, 15) is 34.5 Å². The second-order valence-electron chi connectivity index (χ2n) is 25.2. The first-order valence-corrected chi connectivity index (χ1v) is 33.1. The number of aliphatic hydroxyl groups excluding tert-OH is 3. The Balaban J connectivity index is 0.000000115. The Morgan fingerprint density at radius 2 is 0.684 bits per heavy atom. The van der Waals surface area contributed by atoms with Gasteiger partial charge in [0.1, 0.15) is 0 Å². The predicted molar refractivity (Wildman–Crippen MR) is 385 cm³/mol. The lowest BCUT2D eigenvalue weighted by Gasteiger charge is -2.20. The fraction of sp³-hybridized carbons (Fsp3) is 0.181. The van der Waals surface area contributed by atoms with Crippen LogP contribution in [-0.2, 0) is 73.7 Å². The number of rotatable bonds is 7. The molecule has 4 aromatic heterocycles. The number of nitrogens with zero attached hydrogens (tertiary/aromatic N) is 4. The number of ketones is 4. The summed E-state index contributed by atoms with van der Waals surface area (Å²) >= 11 is 3.46. The van der Waals surface area contributed by atoms with Gasteiger partial charge in [-0.25, -0.2) is 0 Å². The minimum atomic E-state index is -0.181. The molecule has 0 bridgehead atoms. The number of carbonyl (C=O) groups is 4. The van der Waals surface area contributed by atoms with Crippen LogP contribution in [0.5, 0.6) is 0 Å². The molecular formula is C83H73BrN4O7. The molecule has 0 saturated heterocycles. The van der Waals surface area contributed by atoms with E-state index in [1.165, 1.54) is 38.1 Å². The number of halogens is 1. The zero-order valence-electron chi connectivity index (χ0n) is 53.7. The number of carbonyl (C=O) groups excluding carboxylic acids is 4. The molecule has 12 heteroatoms. The normalized spacial score (nSPS) is 16.0. The van der Waals surface area contributed by atoms with Crippen LogP contribution in [0, 0.1) is 0 Å². The molecule has 4 aliphatic carbocycles. The number of allylic oxidation sites excluding steroid dienone is 4. The van der Waals surface area contributed by atoms with E-state index < -0.39 is 0 Å². The maximum Gasteiger partial charge on any atom is 0.189 e. The molecule has 12 aromatic rings. The summed E-state index contributed by atoms with van der Waals surface area (Å²) in [4.78, 5) is 51.2. The van der Waals surface area contributed by atoms with Gasteiger partial charge < -0.3 is 33.6 Å². The van der Waals surface area contributed by atoms with Crippen molar-refractivity contribution in [3.05, 3.63) is 305 Å². The summed E-state index contributed by atoms with van der Waals surface area (Å²) in [7, 11) is 8.12. The summed E-state index contributed by atoms with van der Waals surface area (Å²) in [6.45, 7) is -0.347. The Labute approximate surface area is 560 Å². The van der Waals surface area contributed by atoms with E-state index in [-0.39, 0.29) is 43.0 Å². The molecule has 0 unspecified atom stereocenters. The topological polar surface area (TPSA) is 149 Å². The van der Waals surface area contributed by atoms with Gasteiger partial charge >= 0.3 is 0 Å². The first kappa shape index (κ1) is 63.7. The lowest BCUT2D eigenvalue weighted by atomic mass is 9.83. The van der Waals surface area contributed by atoms with E-state index in [4.69, 9.17) is 0 Å². The highest BCUT2D eigenvalue weighted by Gasteiger charge is 2.26. The number of aromatic nitrogens is 4. The lowest BCUT2D eigenvalue weighted by Crippen LogP contribution is -2.16. The number of hydrogen-bond acceptors (Lipinski definition) is 7. The van der Waals surface area contributed by atoms with Crippen molar-refractivity contribution in [1.82, 2.24) is 18.3 Å². The smallest absolute Gasteiger partial charge is 0.189 e. The Hall–Kier alpha value is -10.1. The van der Waals surface area contributed by atoms with Gasteiger partial charge in [0.15, 0.2) is 23.1 Å². The van der Waals surface area contributed by atoms with Crippen LogP contribution in [0.25, 0.3) is 67.9 Å². The van der Waals surface area contributed by atoms with E-state index in [0.29, 0.717) is 23.1 Å². The van der Waals surface area contributed by atoms with Gasteiger partial charge in [-0.05, 0) is 231 Å². The highest BCUT2D eigenvalue weighted by atomic mass is 79.9. The third-order valence-electron chi connectivity index (χ3n) is 19.0. The van der Waals surface area contributed by atoms with Crippen LogP contribution in [0.4, 0.5) is 0 Å². The van der Waals surface area contributed by atoms with Gasteiger partial charge in [0, 0.05) is 124 Å². The van der Waals surface area contributed by atoms with Gasteiger partial charge in [-0.3, -0.25) is 19.2 Å². The Bertz CT molecular complexity index is 5190. The molecule has 0 saturated carbocycles. The van der Waals surface area contributed by atoms with Crippen LogP contribution in [0.1, 0.15) is 128 Å². The minimum absolute atomic E-state index is 0.0115. The van der Waals surface area contributed by atoms with Crippen molar-refractivity contribution in [3.63, 3.8) is 0 Å². The predicted octanol–water partition coefficient (Wildman–Crippen LogP) is 16.8. The van der Waals surface area contributed by atoms with Gasteiger partial charge in [-0.1, -0.05) is 113 Å². The zero-order chi connectivity index (χ0) is 66.0. The van der Waals surface area contributed by atoms with Crippen LogP contribution in [0.2, 0.25) is 0 Å². The van der Waals surface area contributed by atoms with Crippen molar-refractivity contribution in [1.29, 1.82) is 0 Å². The fourth-order valence-corrected chi connectivity index (χ4v) is 14.0. The van der Waals surface area contributed by atoms with Gasteiger partial charge in [-0.2, -0.15) is 0 Å². The molecule has 0 atom stereocenters. The number of benzene rings is 8. The Morgan fingerprint density at radius 3 is 1.09 bits per heavy atom. The highest BCUT2D eigenvalue weighted by molar-refractivity contribution is 9.10. The van der Waals surface area contributed by atoms with Crippen molar-refractivity contribution in [3.8, 4) is 0 Å². The van der Waals surface area contributed by atoms with E-state index in [0.717, 1.165) is 144 Å². The van der Waals surface area contributed by atoms with Crippen LogP contribution in [-0.4, -0.2) is 56.7 Å². The van der Waals surface area contributed by atoms with Gasteiger partial charge in [0.2, 0.25) is 0 Å². The van der Waals surface area contributed by atoms with Gasteiger partial charge in [0.25, 0.3) is 0 Å². The van der Waals surface area contributed by atoms with Crippen molar-refractivity contribution in [2.24, 2.45) is 28.2 Å². The molecule has 0 spiro atoms. The summed E-state index contributed by atoms with van der Waals surface area (Å²) in [6, 6.07) is 56.7. The van der Waals surface area contributed by atoms with E-state index in [1.807, 2.05) is 132 Å². The fourth-order valence-electron chi connectivity index (χ4n) is 13.6. The number of aryl methyl sites for hydroxylation is 8. The van der Waals surface area contributed by atoms with E-state index in [1.54, 1.807) is 6.07 Å². The Kier molecular flexibility index (Phi) is 18.4. The van der Waals surface area contributed by atoms with Crippen molar-refractivity contribution in [2.75, 3.05) is 0 Å². The first-order chi connectivity index (χ1) is 46.1. The molecule has 16 rings (SSSR count). The molecule has 4 heterocycles. The quantitative estimate of drug-likeness (QED) is 0.135. The van der Waals surface area contributed by atoms with Crippen molar-refractivity contribution in [2.45, 2.75) is 71.2 Å². The standard InChI is InChI=1S/C22H21NO3.C21H19NO2.C20H16BrNO.C20H17NO/c1-23-7-6-15-3-2-14(9-21(15)23)8-17-5-4-16-10-18(12-24)19(13-25)11-20(16)22(17)26;1-22-9-8-17-5-2-14(12-20(17)22)10-18-7-6-16-4-3-15(13-23)11-19(16)21(18)24;1-22-9-8-15-3-2-13(11-19(15)22)10-16-5-4-14-6-7-17(21)12-18(14)20(16)23;1-21-11-10-16-7-6-14(13-19(16)21)12-17-9-8-15-4-2-3-5-18(15)20(17)22/h2-3,6-11,24-25H,4-5,12-13H2,1H3;2-5,8-12,23H,6-7,13H2,1H3;2-3,6-12H,4-5H2,1H3;2-7,10-13H,8-9H2,1H3/b17-8+;18-10+;16-10+;17-12+. The van der Waals surface area contributed by atoms with Crippen molar-refractivity contribution < 1.29 is 34.5 Å². The highest BCUT2D eigenvalue weighted by Crippen LogP contribution is 2.34. The minimum Gasteiger partial charge on any atom is -0.392 e. The van der Waals surface area contributed by atoms with E-state index in [2.05, 4.69) is 144 Å². The summed E-state index contributed by atoms with van der Waals surface area (Å²) < 4.78 is 9.32. The first-order valence-electron chi connectivity index (χ1n) is 32.3. The monoisotopic (exact) mass is 1320 g/mol. The molecular weight excluding hydrogens is 1240 g/mol. The maximum atomic E-state index is 13.0. The average molecular weight is 1320 g/mol. The van der Waals surface area contributed by atoms with E-state index >= 15 is 0 Å². The maximum absolute atomic E-state index is 13.0. The number of Topliss-reactive ketones (excluding diaryl/α,β-unsaturated/α-hetero) is 4.